The highest BCUT2D eigenvalue weighted by Crippen LogP contribution is 2.39. The van der Waals surface area contributed by atoms with Gasteiger partial charge in [0.15, 0.2) is 0 Å². The molecule has 6 nitrogen and oxygen atoms in total. The third kappa shape index (κ3) is 4.04. The van der Waals surface area contributed by atoms with E-state index in [9.17, 15) is 13.6 Å². The minimum atomic E-state index is -0.696. The van der Waals surface area contributed by atoms with Crippen LogP contribution in [0.2, 0.25) is 0 Å². The summed E-state index contributed by atoms with van der Waals surface area (Å²) in [6.45, 7) is 6.41. The van der Waals surface area contributed by atoms with E-state index in [2.05, 4.69) is 28.8 Å². The van der Waals surface area contributed by atoms with Crippen molar-refractivity contribution in [2.75, 3.05) is 12.3 Å². The number of carbonyl (C=O) groups is 1. The average molecular weight is 437 g/mol. The lowest BCUT2D eigenvalue weighted by Crippen LogP contribution is -2.42. The van der Waals surface area contributed by atoms with Crippen molar-refractivity contribution in [3.05, 3.63) is 70.8 Å². The summed E-state index contributed by atoms with van der Waals surface area (Å²) in [5.74, 6) is -0.918. The number of hydrogen-bond acceptors (Lipinski definition) is 5. The molecule has 1 atom stereocenters. The molecule has 0 bridgehead atoms. The maximum atomic E-state index is 14.6. The Morgan fingerprint density at radius 1 is 1.19 bits per heavy atom. The van der Waals surface area contributed by atoms with Crippen molar-refractivity contribution in [3.63, 3.8) is 0 Å². The number of nitrogens with zero attached hydrogens (tertiary/aromatic N) is 4. The number of aromatic nitrogens is 3. The molecule has 3 aromatic rings. The Balaban J connectivity index is 1.89. The van der Waals surface area contributed by atoms with Gasteiger partial charge in [-0.05, 0) is 54.7 Å². The minimum Gasteiger partial charge on any atom is -0.368 e. The summed E-state index contributed by atoms with van der Waals surface area (Å²) in [5.41, 5.74) is 8.57. The number of amides is 1. The van der Waals surface area contributed by atoms with Crippen molar-refractivity contribution >= 4 is 11.9 Å². The van der Waals surface area contributed by atoms with Crippen LogP contribution in [0.4, 0.5) is 14.7 Å². The van der Waals surface area contributed by atoms with Crippen molar-refractivity contribution in [2.45, 2.75) is 39.7 Å². The summed E-state index contributed by atoms with van der Waals surface area (Å²) in [6.07, 6.45) is 2.49. The molecule has 0 spiro atoms. The van der Waals surface area contributed by atoms with Crippen LogP contribution in [0.5, 0.6) is 0 Å². The largest absolute Gasteiger partial charge is 0.368 e. The lowest BCUT2D eigenvalue weighted by molar-refractivity contribution is 0.0633. The van der Waals surface area contributed by atoms with Gasteiger partial charge in [-0.2, -0.15) is 4.39 Å². The normalized spacial score (nSPS) is 15.9. The van der Waals surface area contributed by atoms with Crippen LogP contribution < -0.4 is 5.73 Å². The Morgan fingerprint density at radius 2 is 1.97 bits per heavy atom. The molecule has 2 aromatic heterocycles. The summed E-state index contributed by atoms with van der Waals surface area (Å²) in [7, 11) is 0. The zero-order chi connectivity index (χ0) is 23.0. The lowest BCUT2D eigenvalue weighted by atomic mass is 9.87. The van der Waals surface area contributed by atoms with Gasteiger partial charge in [-0.15, -0.1) is 0 Å². The van der Waals surface area contributed by atoms with E-state index in [1.807, 2.05) is 0 Å². The highest BCUT2D eigenvalue weighted by molar-refractivity contribution is 5.98. The fraction of sp³-hybridized carbons (Fsp3) is 0.333. The van der Waals surface area contributed by atoms with E-state index in [1.165, 1.54) is 18.3 Å². The first-order chi connectivity index (χ1) is 15.3. The Morgan fingerprint density at radius 3 is 2.69 bits per heavy atom. The minimum absolute atomic E-state index is 0.0982. The van der Waals surface area contributed by atoms with Crippen molar-refractivity contribution in [3.8, 4) is 11.1 Å². The highest BCUT2D eigenvalue weighted by Gasteiger charge is 2.37. The first kappa shape index (κ1) is 21.8. The van der Waals surface area contributed by atoms with E-state index in [0.29, 0.717) is 47.0 Å². The zero-order valence-corrected chi connectivity index (χ0v) is 18.3. The topological polar surface area (TPSA) is 85.0 Å². The molecule has 0 saturated carbocycles. The van der Waals surface area contributed by atoms with E-state index < -0.39 is 17.8 Å². The van der Waals surface area contributed by atoms with Gasteiger partial charge in [0, 0.05) is 24.7 Å². The van der Waals surface area contributed by atoms with E-state index in [4.69, 9.17) is 5.73 Å². The van der Waals surface area contributed by atoms with Gasteiger partial charge in [0.25, 0.3) is 5.91 Å². The standard InChI is InChI=1S/C24H25F2N5O/c1-13(2)8-10-31-20(12-19-21(23(31)32)14(3)29-24(27)30-19)16-7-6-15(25)11-18(16)17-5-4-9-28-22(17)26/h4-7,9,11,13,20H,8,10,12H2,1-3H3,(H2,27,29,30). The SMILES string of the molecule is Cc1nc(N)nc2c1C(=O)N(CCC(C)C)C(c1ccc(F)cc1-c1cccnc1F)C2. The lowest BCUT2D eigenvalue weighted by Gasteiger charge is -2.38. The molecule has 1 aliphatic heterocycles. The summed E-state index contributed by atoms with van der Waals surface area (Å²) in [4.78, 5) is 27.5. The first-order valence-corrected chi connectivity index (χ1v) is 10.6. The van der Waals surface area contributed by atoms with E-state index in [0.717, 1.165) is 6.42 Å². The smallest absolute Gasteiger partial charge is 0.258 e. The Hall–Kier alpha value is -3.42. The summed E-state index contributed by atoms with van der Waals surface area (Å²) in [5, 5.41) is 0. The number of benzene rings is 1. The molecule has 1 unspecified atom stereocenters. The third-order valence-electron chi connectivity index (χ3n) is 5.79. The number of hydrogen-bond donors (Lipinski definition) is 1. The van der Waals surface area contributed by atoms with E-state index in [1.54, 1.807) is 30.0 Å². The molecule has 0 fully saturated rings. The van der Waals surface area contributed by atoms with Gasteiger partial charge in [-0.3, -0.25) is 4.79 Å². The van der Waals surface area contributed by atoms with Crippen molar-refractivity contribution in [2.24, 2.45) is 5.92 Å². The number of nitrogen functional groups attached to an aromatic ring is 1. The second kappa shape index (κ2) is 8.61. The van der Waals surface area contributed by atoms with E-state index in [-0.39, 0.29) is 17.4 Å². The Labute approximate surface area is 185 Å². The molecular formula is C24H25F2N5O. The molecule has 2 N–H and O–H groups in total. The van der Waals surface area contributed by atoms with Gasteiger partial charge in [-0.1, -0.05) is 19.9 Å². The maximum Gasteiger partial charge on any atom is 0.258 e. The van der Waals surface area contributed by atoms with Crippen LogP contribution in [0.25, 0.3) is 11.1 Å². The molecule has 0 aliphatic carbocycles. The van der Waals surface area contributed by atoms with Gasteiger partial charge in [0.2, 0.25) is 11.9 Å². The number of anilines is 1. The molecule has 32 heavy (non-hydrogen) atoms. The number of carbonyl (C=O) groups excluding carboxylic acids is 1. The quantitative estimate of drug-likeness (QED) is 0.595. The number of fused-ring (bicyclic) bond motifs is 1. The van der Waals surface area contributed by atoms with Crippen LogP contribution in [-0.4, -0.2) is 32.3 Å². The van der Waals surface area contributed by atoms with Crippen molar-refractivity contribution in [1.82, 2.24) is 19.9 Å². The van der Waals surface area contributed by atoms with Crippen LogP contribution in [0, 0.1) is 24.6 Å². The summed E-state index contributed by atoms with van der Waals surface area (Å²) in [6, 6.07) is 6.92. The Kier molecular flexibility index (Phi) is 5.86. The third-order valence-corrected chi connectivity index (χ3v) is 5.79. The summed E-state index contributed by atoms with van der Waals surface area (Å²) >= 11 is 0. The molecule has 0 saturated heterocycles. The number of halogens is 2. The second-order valence-electron chi connectivity index (χ2n) is 8.46. The number of nitrogens with two attached hydrogens (primary N) is 1. The zero-order valence-electron chi connectivity index (χ0n) is 18.3. The van der Waals surface area contributed by atoms with Gasteiger partial charge in [0.05, 0.1) is 23.0 Å². The van der Waals surface area contributed by atoms with E-state index >= 15 is 0 Å². The van der Waals surface area contributed by atoms with Gasteiger partial charge in [0.1, 0.15) is 5.82 Å². The molecule has 0 radical (unpaired) electrons. The van der Waals surface area contributed by atoms with Crippen molar-refractivity contribution in [1.29, 1.82) is 0 Å². The maximum absolute atomic E-state index is 14.6. The number of aryl methyl sites for hydroxylation is 1. The predicted octanol–water partition coefficient (Wildman–Crippen LogP) is 4.49. The molecule has 4 rings (SSSR count). The first-order valence-electron chi connectivity index (χ1n) is 10.6. The van der Waals surface area contributed by atoms with Crippen LogP contribution in [0.15, 0.2) is 36.5 Å². The average Bonchev–Trinajstić information content (AvgIpc) is 2.72. The molecule has 3 heterocycles. The number of rotatable bonds is 5. The monoisotopic (exact) mass is 437 g/mol. The van der Waals surface area contributed by atoms with Gasteiger partial charge in [-0.25, -0.2) is 19.3 Å². The van der Waals surface area contributed by atoms with Gasteiger partial charge >= 0.3 is 0 Å². The molecular weight excluding hydrogens is 412 g/mol. The Bertz CT molecular complexity index is 1180. The van der Waals surface area contributed by atoms with Crippen molar-refractivity contribution < 1.29 is 13.6 Å². The molecule has 1 amide bonds. The fourth-order valence-electron chi connectivity index (χ4n) is 4.23. The highest BCUT2D eigenvalue weighted by atomic mass is 19.1. The van der Waals surface area contributed by atoms with Crippen LogP contribution >= 0.6 is 0 Å². The predicted molar refractivity (Wildman–Crippen MR) is 118 cm³/mol. The van der Waals surface area contributed by atoms with Gasteiger partial charge < -0.3 is 10.6 Å². The van der Waals surface area contributed by atoms with Crippen LogP contribution in [0.1, 0.15) is 53.6 Å². The second-order valence-corrected chi connectivity index (χ2v) is 8.46. The van der Waals surface area contributed by atoms with Crippen LogP contribution in [0.3, 0.4) is 0 Å². The summed E-state index contributed by atoms with van der Waals surface area (Å²) < 4.78 is 28.8. The molecule has 1 aromatic carbocycles. The molecule has 1 aliphatic rings. The van der Waals surface area contributed by atoms with Crippen LogP contribution in [-0.2, 0) is 6.42 Å². The molecule has 8 heteroatoms. The molecule has 166 valence electrons. The fourth-order valence-corrected chi connectivity index (χ4v) is 4.23. The number of pyridine rings is 1.